The molecule has 7 heteroatoms. The molecule has 4 heterocycles. The molecule has 124 valence electrons. The maximum absolute atomic E-state index is 12.3. The molecule has 0 amide bonds. The third kappa shape index (κ3) is 2.84. The highest BCUT2D eigenvalue weighted by molar-refractivity contribution is 7.98. The minimum atomic E-state index is -0.0422. The summed E-state index contributed by atoms with van der Waals surface area (Å²) in [5, 5.41) is 9.57. The summed E-state index contributed by atoms with van der Waals surface area (Å²) in [6.07, 6.45) is 6.36. The first kappa shape index (κ1) is 15.4. The van der Waals surface area contributed by atoms with Crippen LogP contribution in [-0.2, 0) is 18.7 Å². The van der Waals surface area contributed by atoms with Crippen molar-refractivity contribution >= 4 is 17.4 Å². The highest BCUT2D eigenvalue weighted by atomic mass is 32.2. The Bertz CT molecular complexity index is 946. The highest BCUT2D eigenvalue weighted by Gasteiger charge is 2.15. The molecule has 3 aromatic heterocycles. The van der Waals surface area contributed by atoms with Gasteiger partial charge in [-0.2, -0.15) is 0 Å². The van der Waals surface area contributed by atoms with E-state index < -0.39 is 0 Å². The van der Waals surface area contributed by atoms with Crippen molar-refractivity contribution in [2.45, 2.75) is 50.1 Å². The van der Waals surface area contributed by atoms with Gasteiger partial charge in [-0.05, 0) is 31.4 Å². The monoisotopic (exact) mass is 341 g/mol. The van der Waals surface area contributed by atoms with Crippen molar-refractivity contribution in [2.75, 3.05) is 0 Å². The first-order valence-electron chi connectivity index (χ1n) is 8.25. The first-order valence-corrected chi connectivity index (χ1v) is 9.24. The number of hydrogen-bond donors (Lipinski definition) is 0. The second kappa shape index (κ2) is 6.39. The molecule has 1 aliphatic rings. The Morgan fingerprint density at radius 3 is 3.08 bits per heavy atom. The van der Waals surface area contributed by atoms with E-state index in [1.54, 1.807) is 28.4 Å². The zero-order valence-electron chi connectivity index (χ0n) is 13.6. The minimum Gasteiger partial charge on any atom is -0.306 e. The van der Waals surface area contributed by atoms with Gasteiger partial charge in [-0.1, -0.05) is 24.2 Å². The van der Waals surface area contributed by atoms with Crippen LogP contribution in [0.25, 0.3) is 5.65 Å². The summed E-state index contributed by atoms with van der Waals surface area (Å²) in [4.78, 5) is 16.9. The Morgan fingerprint density at radius 2 is 2.17 bits per heavy atom. The van der Waals surface area contributed by atoms with Crippen LogP contribution in [0.15, 0.2) is 34.3 Å². The summed E-state index contributed by atoms with van der Waals surface area (Å²) in [7, 11) is 0. The Hall–Kier alpha value is -2.15. The normalized spacial score (nSPS) is 14.5. The molecule has 0 bridgehead atoms. The number of rotatable bonds is 3. The summed E-state index contributed by atoms with van der Waals surface area (Å²) in [6, 6.07) is 5.45. The van der Waals surface area contributed by atoms with E-state index >= 15 is 0 Å². The van der Waals surface area contributed by atoms with E-state index in [1.807, 2.05) is 19.1 Å². The lowest BCUT2D eigenvalue weighted by Gasteiger charge is -2.07. The predicted octanol–water partition coefficient (Wildman–Crippen LogP) is 2.61. The lowest BCUT2D eigenvalue weighted by Crippen LogP contribution is -2.15. The van der Waals surface area contributed by atoms with Crippen molar-refractivity contribution in [3.8, 4) is 0 Å². The van der Waals surface area contributed by atoms with Gasteiger partial charge in [-0.15, -0.1) is 10.2 Å². The average Bonchev–Trinajstić information content (AvgIpc) is 2.81. The highest BCUT2D eigenvalue weighted by Crippen LogP contribution is 2.24. The van der Waals surface area contributed by atoms with E-state index in [2.05, 4.69) is 19.7 Å². The molecular weight excluding hydrogens is 322 g/mol. The van der Waals surface area contributed by atoms with Gasteiger partial charge < -0.3 is 4.57 Å². The van der Waals surface area contributed by atoms with E-state index in [-0.39, 0.29) is 5.56 Å². The van der Waals surface area contributed by atoms with Gasteiger partial charge in [-0.3, -0.25) is 9.20 Å². The summed E-state index contributed by atoms with van der Waals surface area (Å²) in [5.41, 5.74) is 2.46. The zero-order chi connectivity index (χ0) is 16.5. The molecule has 0 saturated carbocycles. The fourth-order valence-corrected chi connectivity index (χ4v) is 3.96. The van der Waals surface area contributed by atoms with Crippen LogP contribution >= 0.6 is 11.8 Å². The molecule has 24 heavy (non-hydrogen) atoms. The SMILES string of the molecule is Cc1cccn2c(=O)cc(CSc3nnc4n3CCCCC4)nc12. The van der Waals surface area contributed by atoms with Crippen LogP contribution in [0.5, 0.6) is 0 Å². The average molecular weight is 341 g/mol. The number of aromatic nitrogens is 5. The van der Waals surface area contributed by atoms with E-state index in [1.165, 1.54) is 19.3 Å². The minimum absolute atomic E-state index is 0.0422. The molecule has 1 aliphatic heterocycles. The standard InChI is InChI=1S/C17H19N5OS/c1-12-6-5-9-22-15(23)10-13(18-16(12)22)11-24-17-20-19-14-7-3-2-4-8-21(14)17/h5-6,9-10H,2-4,7-8,11H2,1H3. The number of fused-ring (bicyclic) bond motifs is 2. The lowest BCUT2D eigenvalue weighted by atomic mass is 10.2. The van der Waals surface area contributed by atoms with Gasteiger partial charge in [0.05, 0.1) is 5.69 Å². The largest absolute Gasteiger partial charge is 0.306 e. The molecular formula is C17H19N5OS. The van der Waals surface area contributed by atoms with Crippen molar-refractivity contribution in [3.05, 3.63) is 51.8 Å². The number of thioether (sulfide) groups is 1. The fraction of sp³-hybridized carbons (Fsp3) is 0.412. The molecule has 0 radical (unpaired) electrons. The second-order valence-corrected chi connectivity index (χ2v) is 7.06. The van der Waals surface area contributed by atoms with Crippen LogP contribution in [0, 0.1) is 6.92 Å². The van der Waals surface area contributed by atoms with Crippen LogP contribution < -0.4 is 5.56 Å². The number of pyridine rings is 1. The van der Waals surface area contributed by atoms with Crippen LogP contribution in [-0.4, -0.2) is 24.1 Å². The Labute approximate surface area is 143 Å². The quantitative estimate of drug-likeness (QED) is 0.685. The van der Waals surface area contributed by atoms with Crippen LogP contribution in [0.2, 0.25) is 0 Å². The fourth-order valence-electron chi connectivity index (χ4n) is 3.09. The maximum Gasteiger partial charge on any atom is 0.258 e. The summed E-state index contributed by atoms with van der Waals surface area (Å²) in [6.45, 7) is 2.95. The number of hydrogen-bond acceptors (Lipinski definition) is 5. The molecule has 0 unspecified atom stereocenters. The van der Waals surface area contributed by atoms with Crippen LogP contribution in [0.4, 0.5) is 0 Å². The molecule has 0 saturated heterocycles. The van der Waals surface area contributed by atoms with Crippen molar-refractivity contribution in [1.82, 2.24) is 24.1 Å². The van der Waals surface area contributed by atoms with E-state index in [4.69, 9.17) is 0 Å². The van der Waals surface area contributed by atoms with Crippen LogP contribution in [0.3, 0.4) is 0 Å². The van der Waals surface area contributed by atoms with Crippen LogP contribution in [0.1, 0.15) is 36.3 Å². The van der Waals surface area contributed by atoms with Gasteiger partial charge in [-0.25, -0.2) is 4.98 Å². The molecule has 0 aliphatic carbocycles. The van der Waals surface area contributed by atoms with Gasteiger partial charge in [0.2, 0.25) is 0 Å². The first-order chi connectivity index (χ1) is 11.7. The van der Waals surface area contributed by atoms with E-state index in [9.17, 15) is 4.79 Å². The Balaban J connectivity index is 1.61. The van der Waals surface area contributed by atoms with Gasteiger partial charge in [0, 0.05) is 31.0 Å². The zero-order valence-corrected chi connectivity index (χ0v) is 14.4. The lowest BCUT2D eigenvalue weighted by molar-refractivity contribution is 0.591. The predicted molar refractivity (Wildman–Crippen MR) is 93.3 cm³/mol. The molecule has 6 nitrogen and oxygen atoms in total. The number of nitrogens with zero attached hydrogens (tertiary/aromatic N) is 5. The molecule has 3 aromatic rings. The molecule has 0 fully saturated rings. The number of aryl methyl sites for hydroxylation is 2. The molecule has 4 rings (SSSR count). The van der Waals surface area contributed by atoms with Gasteiger partial charge in [0.1, 0.15) is 11.5 Å². The second-order valence-electron chi connectivity index (χ2n) is 6.12. The third-order valence-electron chi connectivity index (χ3n) is 4.36. The maximum atomic E-state index is 12.3. The van der Waals surface area contributed by atoms with Gasteiger partial charge in [0.25, 0.3) is 5.56 Å². The molecule has 0 aromatic carbocycles. The van der Waals surface area contributed by atoms with Crippen molar-refractivity contribution in [1.29, 1.82) is 0 Å². The van der Waals surface area contributed by atoms with Crippen molar-refractivity contribution in [2.24, 2.45) is 0 Å². The summed E-state index contributed by atoms with van der Waals surface area (Å²) in [5.74, 6) is 1.70. The van der Waals surface area contributed by atoms with E-state index in [0.29, 0.717) is 5.75 Å². The molecule has 0 spiro atoms. The van der Waals surface area contributed by atoms with Crippen molar-refractivity contribution in [3.63, 3.8) is 0 Å². The Kier molecular flexibility index (Phi) is 4.10. The summed E-state index contributed by atoms with van der Waals surface area (Å²) >= 11 is 1.61. The smallest absolute Gasteiger partial charge is 0.258 e. The molecule has 0 N–H and O–H groups in total. The molecule has 0 atom stereocenters. The van der Waals surface area contributed by atoms with E-state index in [0.717, 1.165) is 40.9 Å². The topological polar surface area (TPSA) is 65.1 Å². The van der Waals surface area contributed by atoms with Crippen molar-refractivity contribution < 1.29 is 0 Å². The summed E-state index contributed by atoms with van der Waals surface area (Å²) < 4.78 is 3.81. The van der Waals surface area contributed by atoms with Gasteiger partial charge >= 0.3 is 0 Å². The van der Waals surface area contributed by atoms with Gasteiger partial charge in [0.15, 0.2) is 5.16 Å². The third-order valence-corrected chi connectivity index (χ3v) is 5.36. The Morgan fingerprint density at radius 1 is 1.25 bits per heavy atom.